The molecule has 112 valence electrons. The molecule has 0 bridgehead atoms. The van der Waals surface area contributed by atoms with Crippen molar-refractivity contribution < 1.29 is 24.2 Å². The maximum atomic E-state index is 12.4. The summed E-state index contributed by atoms with van der Waals surface area (Å²) < 4.78 is 10.6. The Hall–Kier alpha value is -2.24. The number of carboxylic acid groups (broad SMARTS) is 1. The highest BCUT2D eigenvalue weighted by molar-refractivity contribution is 6.04. The molecule has 1 N–H and O–H groups in total. The molecule has 0 unspecified atom stereocenters. The summed E-state index contributed by atoms with van der Waals surface area (Å²) in [6.07, 6.45) is 0.859. The van der Waals surface area contributed by atoms with Crippen LogP contribution in [0.4, 0.5) is 0 Å². The third-order valence-electron chi connectivity index (χ3n) is 4.05. The first-order chi connectivity index (χ1) is 10.1. The van der Waals surface area contributed by atoms with Crippen LogP contribution in [0.25, 0.3) is 0 Å². The number of hydrogen-bond acceptors (Lipinski definition) is 4. The first-order valence-electron chi connectivity index (χ1n) is 6.98. The van der Waals surface area contributed by atoms with Gasteiger partial charge in [-0.1, -0.05) is 6.07 Å². The van der Waals surface area contributed by atoms with Gasteiger partial charge in [0, 0.05) is 13.1 Å². The number of hydrogen-bond donors (Lipinski definition) is 1. The second kappa shape index (κ2) is 4.95. The first-order valence-corrected chi connectivity index (χ1v) is 6.98. The lowest BCUT2D eigenvalue weighted by Crippen LogP contribution is -2.40. The molecule has 0 atom stereocenters. The van der Waals surface area contributed by atoms with Gasteiger partial charge in [0.25, 0.3) is 0 Å². The van der Waals surface area contributed by atoms with E-state index >= 15 is 0 Å². The van der Waals surface area contributed by atoms with Gasteiger partial charge < -0.3 is 19.5 Å². The Balaban J connectivity index is 1.76. The first kappa shape index (κ1) is 13.7. The Morgan fingerprint density at radius 1 is 1.29 bits per heavy atom. The minimum Gasteiger partial charge on any atom is -0.480 e. The molecule has 2 aliphatic rings. The van der Waals surface area contributed by atoms with E-state index in [4.69, 9.17) is 9.47 Å². The minimum atomic E-state index is -1.19. The van der Waals surface area contributed by atoms with E-state index in [1.165, 1.54) is 0 Å². The van der Waals surface area contributed by atoms with Gasteiger partial charge in [-0.2, -0.15) is 0 Å². The number of aliphatic carboxylic acids is 1. The number of amides is 1. The number of carboxylic acids is 1. The van der Waals surface area contributed by atoms with Crippen molar-refractivity contribution in [3.63, 3.8) is 0 Å². The molecular weight excluding hydrogens is 274 g/mol. The third-order valence-corrected chi connectivity index (χ3v) is 4.05. The van der Waals surface area contributed by atoms with Crippen LogP contribution in [0.15, 0.2) is 18.2 Å². The predicted octanol–water partition coefficient (Wildman–Crippen LogP) is 1.63. The number of benzene rings is 1. The molecule has 1 saturated carbocycles. The number of carbonyl (C=O) groups is 2. The fourth-order valence-corrected chi connectivity index (χ4v) is 2.53. The Labute approximate surface area is 122 Å². The van der Waals surface area contributed by atoms with Gasteiger partial charge in [-0.3, -0.25) is 9.59 Å². The Bertz CT molecular complexity index is 594. The summed E-state index contributed by atoms with van der Waals surface area (Å²) in [6, 6.07) is 5.50. The summed E-state index contributed by atoms with van der Waals surface area (Å²) in [4.78, 5) is 25.3. The number of fused-ring (bicyclic) bond motifs is 1. The molecule has 1 amide bonds. The Kier molecular flexibility index (Phi) is 3.23. The maximum absolute atomic E-state index is 12.4. The van der Waals surface area contributed by atoms with E-state index in [0.717, 1.165) is 5.56 Å². The van der Waals surface area contributed by atoms with Crippen LogP contribution in [0.1, 0.15) is 25.3 Å². The van der Waals surface area contributed by atoms with Crippen LogP contribution in [0.3, 0.4) is 0 Å². The van der Waals surface area contributed by atoms with Gasteiger partial charge in [-0.15, -0.1) is 0 Å². The van der Waals surface area contributed by atoms with Gasteiger partial charge >= 0.3 is 5.97 Å². The third kappa shape index (κ3) is 2.30. The van der Waals surface area contributed by atoms with Gasteiger partial charge in [0.2, 0.25) is 12.7 Å². The lowest BCUT2D eigenvalue weighted by atomic mass is 10.1. The summed E-state index contributed by atoms with van der Waals surface area (Å²) >= 11 is 0. The van der Waals surface area contributed by atoms with E-state index in [2.05, 4.69) is 0 Å². The second-order valence-corrected chi connectivity index (χ2v) is 5.39. The van der Waals surface area contributed by atoms with Crippen LogP contribution >= 0.6 is 0 Å². The minimum absolute atomic E-state index is 0.206. The average molecular weight is 291 g/mol. The fourth-order valence-electron chi connectivity index (χ4n) is 2.53. The van der Waals surface area contributed by atoms with Crippen molar-refractivity contribution in [3.05, 3.63) is 23.8 Å². The second-order valence-electron chi connectivity index (χ2n) is 5.39. The van der Waals surface area contributed by atoms with E-state index in [1.54, 1.807) is 11.0 Å². The summed E-state index contributed by atoms with van der Waals surface area (Å²) in [5, 5.41) is 9.23. The number of rotatable bonds is 5. The standard InChI is InChI=1S/C15H17NO5/c1-2-16(13(17)15(5-6-15)14(18)19)8-10-3-4-11-12(7-10)21-9-20-11/h3-4,7H,2,5-6,8-9H2,1H3,(H,18,19). The van der Waals surface area contributed by atoms with Crippen molar-refractivity contribution in [2.45, 2.75) is 26.3 Å². The molecule has 6 heteroatoms. The van der Waals surface area contributed by atoms with E-state index in [9.17, 15) is 14.7 Å². The molecule has 0 saturated heterocycles. The molecule has 1 aromatic rings. The van der Waals surface area contributed by atoms with Gasteiger partial charge in [0.1, 0.15) is 5.41 Å². The van der Waals surface area contributed by atoms with Crippen molar-refractivity contribution in [2.24, 2.45) is 5.41 Å². The van der Waals surface area contributed by atoms with E-state index < -0.39 is 11.4 Å². The summed E-state index contributed by atoms with van der Waals surface area (Å²) in [7, 11) is 0. The molecule has 1 aliphatic carbocycles. The van der Waals surface area contributed by atoms with Crippen molar-refractivity contribution in [2.75, 3.05) is 13.3 Å². The predicted molar refractivity (Wildman–Crippen MR) is 73.0 cm³/mol. The van der Waals surface area contributed by atoms with Gasteiger partial charge in [-0.05, 0) is 37.5 Å². The molecule has 21 heavy (non-hydrogen) atoms. The molecule has 6 nitrogen and oxygen atoms in total. The highest BCUT2D eigenvalue weighted by Crippen LogP contribution is 2.47. The van der Waals surface area contributed by atoms with Crippen molar-refractivity contribution in [1.82, 2.24) is 4.90 Å². The van der Waals surface area contributed by atoms with E-state index in [1.807, 2.05) is 19.1 Å². The van der Waals surface area contributed by atoms with Gasteiger partial charge in [-0.25, -0.2) is 0 Å². The molecule has 0 aromatic heterocycles. The molecule has 1 fully saturated rings. The molecule has 1 heterocycles. The smallest absolute Gasteiger partial charge is 0.319 e. The zero-order valence-electron chi connectivity index (χ0n) is 11.8. The SMILES string of the molecule is CCN(Cc1ccc2c(c1)OCO2)C(=O)C1(C(=O)O)CC1. The summed E-state index contributed by atoms with van der Waals surface area (Å²) in [6.45, 7) is 2.91. The van der Waals surface area contributed by atoms with Gasteiger partial charge in [0.15, 0.2) is 11.5 Å². The average Bonchev–Trinajstić information content (AvgIpc) is 3.17. The maximum Gasteiger partial charge on any atom is 0.319 e. The normalized spacial score (nSPS) is 17.4. The van der Waals surface area contributed by atoms with Crippen LogP contribution in [-0.2, 0) is 16.1 Å². The molecule has 0 spiro atoms. The van der Waals surface area contributed by atoms with Crippen LogP contribution in [0.2, 0.25) is 0 Å². The number of ether oxygens (including phenoxy) is 2. The lowest BCUT2D eigenvalue weighted by molar-refractivity contribution is -0.153. The van der Waals surface area contributed by atoms with Crippen molar-refractivity contribution in [1.29, 1.82) is 0 Å². The Morgan fingerprint density at radius 3 is 2.62 bits per heavy atom. The van der Waals surface area contributed by atoms with Crippen LogP contribution in [0, 0.1) is 5.41 Å². The van der Waals surface area contributed by atoms with E-state index in [0.29, 0.717) is 37.4 Å². The zero-order chi connectivity index (χ0) is 15.0. The molecule has 1 aromatic carbocycles. The quantitative estimate of drug-likeness (QED) is 0.834. The number of nitrogens with zero attached hydrogens (tertiary/aromatic N) is 1. The Morgan fingerprint density at radius 2 is 2.00 bits per heavy atom. The number of carbonyl (C=O) groups excluding carboxylic acids is 1. The topological polar surface area (TPSA) is 76.1 Å². The summed E-state index contributed by atoms with van der Waals surface area (Å²) in [5.74, 6) is 0.0412. The molecule has 0 radical (unpaired) electrons. The molecule has 1 aliphatic heterocycles. The van der Waals surface area contributed by atoms with Crippen molar-refractivity contribution >= 4 is 11.9 Å². The van der Waals surface area contributed by atoms with Crippen LogP contribution in [0.5, 0.6) is 11.5 Å². The fraction of sp³-hybridized carbons (Fsp3) is 0.467. The van der Waals surface area contributed by atoms with Crippen LogP contribution < -0.4 is 9.47 Å². The van der Waals surface area contributed by atoms with Gasteiger partial charge in [0.05, 0.1) is 0 Å². The zero-order valence-corrected chi connectivity index (χ0v) is 11.8. The largest absolute Gasteiger partial charge is 0.480 e. The highest BCUT2D eigenvalue weighted by atomic mass is 16.7. The monoisotopic (exact) mass is 291 g/mol. The highest BCUT2D eigenvalue weighted by Gasteiger charge is 2.58. The summed E-state index contributed by atoms with van der Waals surface area (Å²) in [5.41, 5.74) is -0.289. The molecular formula is C15H17NO5. The lowest BCUT2D eigenvalue weighted by Gasteiger charge is -2.24. The van der Waals surface area contributed by atoms with Crippen molar-refractivity contribution in [3.8, 4) is 11.5 Å². The van der Waals surface area contributed by atoms with E-state index in [-0.39, 0.29) is 12.7 Å². The van der Waals surface area contributed by atoms with Crippen LogP contribution in [-0.4, -0.2) is 35.2 Å². The molecule has 3 rings (SSSR count).